The fourth-order valence-electron chi connectivity index (χ4n) is 2.72. The van der Waals surface area contributed by atoms with Crippen molar-refractivity contribution in [3.8, 4) is 0 Å². The van der Waals surface area contributed by atoms with Gasteiger partial charge < -0.3 is 14.6 Å². The van der Waals surface area contributed by atoms with E-state index in [1.807, 2.05) is 4.98 Å². The number of hydrogen-bond donors (Lipinski definition) is 2. The number of H-pyrrole nitrogens is 1. The molecule has 0 amide bonds. The Morgan fingerprint density at radius 3 is 2.81 bits per heavy atom. The molecule has 0 radical (unpaired) electrons. The molecule has 1 saturated heterocycles. The van der Waals surface area contributed by atoms with Crippen molar-refractivity contribution in [2.24, 2.45) is 0 Å². The zero-order chi connectivity index (χ0) is 18.8. The molecule has 1 fully saturated rings. The molecule has 0 spiro atoms. The molecule has 7 nitrogen and oxygen atoms in total. The number of hydrogen-bond acceptors (Lipinski definition) is 5. The summed E-state index contributed by atoms with van der Waals surface area (Å²) in [6.07, 6.45) is -1.56. The minimum atomic E-state index is -1.14. The van der Waals surface area contributed by atoms with Crippen molar-refractivity contribution >= 4 is 11.6 Å². The average molecular weight is 389 g/mol. The van der Waals surface area contributed by atoms with Crippen LogP contribution in [-0.2, 0) is 16.1 Å². The topological polar surface area (TPSA) is 93.6 Å². The van der Waals surface area contributed by atoms with Gasteiger partial charge in [-0.2, -0.15) is 4.39 Å². The number of ether oxygens (including phenoxy) is 2. The Balaban J connectivity index is 1.74. The van der Waals surface area contributed by atoms with E-state index in [0.29, 0.717) is 0 Å². The van der Waals surface area contributed by atoms with Crippen molar-refractivity contribution in [3.05, 3.63) is 67.5 Å². The molecule has 2 aromatic rings. The number of aliphatic hydroxyl groups is 1. The molecular weight excluding hydrogens is 374 g/mol. The van der Waals surface area contributed by atoms with Crippen LogP contribution in [0.3, 0.4) is 0 Å². The third-order valence-electron chi connectivity index (χ3n) is 4.06. The third-order valence-corrected chi connectivity index (χ3v) is 4.30. The molecule has 2 heterocycles. The Labute approximate surface area is 150 Å². The molecule has 10 heteroatoms. The molecule has 1 aliphatic heterocycles. The Morgan fingerprint density at radius 2 is 2.12 bits per heavy atom. The number of nitrogens with zero attached hydrogens (tertiary/aromatic N) is 1. The quantitative estimate of drug-likeness (QED) is 0.806. The monoisotopic (exact) mass is 388 g/mol. The second kappa shape index (κ2) is 7.67. The molecule has 0 bridgehead atoms. The van der Waals surface area contributed by atoms with Gasteiger partial charge in [-0.1, -0.05) is 17.7 Å². The van der Waals surface area contributed by atoms with E-state index in [1.165, 1.54) is 12.1 Å². The normalized spacial score (nSPS) is 22.7. The van der Waals surface area contributed by atoms with E-state index in [2.05, 4.69) is 0 Å². The van der Waals surface area contributed by atoms with Crippen LogP contribution >= 0.6 is 11.6 Å². The van der Waals surface area contributed by atoms with Crippen LogP contribution in [0.2, 0.25) is 5.02 Å². The zero-order valence-electron chi connectivity index (χ0n) is 13.3. The molecule has 1 aliphatic rings. The fraction of sp³-hybridized carbons (Fsp3) is 0.375. The lowest BCUT2D eigenvalue weighted by Crippen LogP contribution is -2.34. The lowest BCUT2D eigenvalue weighted by atomic mass is 10.1. The molecule has 26 heavy (non-hydrogen) atoms. The van der Waals surface area contributed by atoms with Gasteiger partial charge in [-0.3, -0.25) is 14.3 Å². The first-order valence-corrected chi connectivity index (χ1v) is 8.09. The maximum Gasteiger partial charge on any atom is 0.330 e. The lowest BCUT2D eigenvalue weighted by Gasteiger charge is -2.16. The Hall–Kier alpha value is -2.07. The average Bonchev–Trinajstić information content (AvgIpc) is 3.00. The van der Waals surface area contributed by atoms with Crippen LogP contribution in [0.1, 0.15) is 18.2 Å². The van der Waals surface area contributed by atoms with Gasteiger partial charge in [0.25, 0.3) is 5.56 Å². The predicted molar refractivity (Wildman–Crippen MR) is 86.9 cm³/mol. The first-order chi connectivity index (χ1) is 12.4. The number of aromatic amines is 1. The summed E-state index contributed by atoms with van der Waals surface area (Å²) in [5.41, 5.74) is -1.71. The summed E-state index contributed by atoms with van der Waals surface area (Å²) in [5, 5.41) is 9.69. The standard InChI is InChI=1S/C16H15ClF2N2O5/c17-9-2-1-8(10(18)3-9)7-25-12-4-14(26-13(12)6-22)21-5-11(19)15(23)20-16(21)24/h1-3,5,12-14,22H,4,6-7H2,(H,20,23,24)/t12?,13-,14-/m0/s1. The van der Waals surface area contributed by atoms with Gasteiger partial charge in [0.2, 0.25) is 5.82 Å². The van der Waals surface area contributed by atoms with Crippen LogP contribution in [0, 0.1) is 11.6 Å². The predicted octanol–water partition coefficient (Wildman–Crippen LogP) is 1.33. The van der Waals surface area contributed by atoms with Gasteiger partial charge >= 0.3 is 5.69 Å². The van der Waals surface area contributed by atoms with Crippen molar-refractivity contribution in [2.45, 2.75) is 31.5 Å². The highest BCUT2D eigenvalue weighted by Crippen LogP contribution is 2.30. The van der Waals surface area contributed by atoms with E-state index < -0.39 is 47.9 Å². The number of aliphatic hydroxyl groups excluding tert-OH is 1. The zero-order valence-corrected chi connectivity index (χ0v) is 14.1. The van der Waals surface area contributed by atoms with Gasteiger partial charge in [0.15, 0.2) is 0 Å². The number of nitrogens with one attached hydrogen (secondary N) is 1. The lowest BCUT2D eigenvalue weighted by molar-refractivity contribution is -0.0662. The maximum atomic E-state index is 13.8. The van der Waals surface area contributed by atoms with Crippen LogP contribution in [-0.4, -0.2) is 33.5 Å². The minimum absolute atomic E-state index is 0.102. The van der Waals surface area contributed by atoms with Crippen molar-refractivity contribution < 1.29 is 23.4 Å². The SMILES string of the molecule is O=c1[nH]c(=O)n([C@@H]2CC(OCc3ccc(Cl)cc3F)[C@H](CO)O2)cc1F. The molecule has 1 aromatic carbocycles. The first-order valence-electron chi connectivity index (χ1n) is 7.72. The summed E-state index contributed by atoms with van der Waals surface area (Å²) in [5.74, 6) is -1.67. The highest BCUT2D eigenvalue weighted by atomic mass is 35.5. The van der Waals surface area contributed by atoms with Crippen LogP contribution in [0.5, 0.6) is 0 Å². The van der Waals surface area contributed by atoms with Crippen molar-refractivity contribution in [3.63, 3.8) is 0 Å². The highest BCUT2D eigenvalue weighted by Gasteiger charge is 2.37. The number of benzene rings is 1. The summed E-state index contributed by atoms with van der Waals surface area (Å²) in [6, 6.07) is 4.14. The van der Waals surface area contributed by atoms with Crippen LogP contribution < -0.4 is 11.2 Å². The van der Waals surface area contributed by atoms with Crippen LogP contribution in [0.15, 0.2) is 34.0 Å². The van der Waals surface area contributed by atoms with Crippen LogP contribution in [0.25, 0.3) is 0 Å². The van der Waals surface area contributed by atoms with E-state index >= 15 is 0 Å². The van der Waals surface area contributed by atoms with Crippen molar-refractivity contribution in [2.75, 3.05) is 6.61 Å². The van der Waals surface area contributed by atoms with Gasteiger partial charge in [-0.05, 0) is 12.1 Å². The van der Waals surface area contributed by atoms with E-state index in [9.17, 15) is 23.5 Å². The molecule has 3 atom stereocenters. The molecule has 3 rings (SSSR count). The molecule has 0 saturated carbocycles. The van der Waals surface area contributed by atoms with Crippen molar-refractivity contribution in [1.82, 2.24) is 9.55 Å². The summed E-state index contributed by atoms with van der Waals surface area (Å²) in [6.45, 7) is -0.514. The summed E-state index contributed by atoms with van der Waals surface area (Å²) >= 11 is 5.69. The summed E-state index contributed by atoms with van der Waals surface area (Å²) in [4.78, 5) is 24.8. The molecule has 0 aliphatic carbocycles. The number of aromatic nitrogens is 2. The van der Waals surface area contributed by atoms with E-state index in [0.717, 1.165) is 16.8 Å². The van der Waals surface area contributed by atoms with E-state index in [-0.39, 0.29) is 23.6 Å². The third kappa shape index (κ3) is 3.85. The van der Waals surface area contributed by atoms with Crippen LogP contribution in [0.4, 0.5) is 8.78 Å². The van der Waals surface area contributed by atoms with Crippen molar-refractivity contribution in [1.29, 1.82) is 0 Å². The maximum absolute atomic E-state index is 13.8. The van der Waals surface area contributed by atoms with Gasteiger partial charge in [-0.25, -0.2) is 9.18 Å². The number of rotatable bonds is 5. The second-order valence-corrected chi connectivity index (χ2v) is 6.21. The summed E-state index contributed by atoms with van der Waals surface area (Å²) in [7, 11) is 0. The Bertz CT molecular complexity index is 916. The molecule has 1 aromatic heterocycles. The number of halogens is 3. The Morgan fingerprint density at radius 1 is 1.35 bits per heavy atom. The summed E-state index contributed by atoms with van der Waals surface area (Å²) < 4.78 is 39.3. The van der Waals surface area contributed by atoms with Gasteiger partial charge in [0.1, 0.15) is 18.1 Å². The second-order valence-electron chi connectivity index (χ2n) is 5.78. The fourth-order valence-corrected chi connectivity index (χ4v) is 2.88. The van der Waals surface area contributed by atoms with Gasteiger partial charge in [-0.15, -0.1) is 0 Å². The largest absolute Gasteiger partial charge is 0.394 e. The Kier molecular flexibility index (Phi) is 5.52. The molecule has 2 N–H and O–H groups in total. The smallest absolute Gasteiger partial charge is 0.330 e. The van der Waals surface area contributed by atoms with Gasteiger partial charge in [0.05, 0.1) is 25.5 Å². The molecule has 1 unspecified atom stereocenters. The van der Waals surface area contributed by atoms with E-state index in [1.54, 1.807) is 0 Å². The van der Waals surface area contributed by atoms with Gasteiger partial charge in [0, 0.05) is 17.0 Å². The van der Waals surface area contributed by atoms with E-state index in [4.69, 9.17) is 21.1 Å². The first kappa shape index (κ1) is 18.7. The molecular formula is C16H15ClF2N2O5. The minimum Gasteiger partial charge on any atom is -0.394 e. The highest BCUT2D eigenvalue weighted by molar-refractivity contribution is 6.30. The molecule has 140 valence electrons.